The van der Waals surface area contributed by atoms with Crippen LogP contribution >= 0.6 is 0 Å². The molecule has 1 fully saturated rings. The summed E-state index contributed by atoms with van der Waals surface area (Å²) in [6.07, 6.45) is 2.87. The van der Waals surface area contributed by atoms with Crippen molar-refractivity contribution in [1.82, 2.24) is 10.3 Å². The van der Waals surface area contributed by atoms with Crippen molar-refractivity contribution in [3.63, 3.8) is 0 Å². The summed E-state index contributed by atoms with van der Waals surface area (Å²) in [7, 11) is 1.78. The monoisotopic (exact) mass is 249 g/mol. The Labute approximate surface area is 107 Å². The fraction of sp³-hybridized carbons (Fsp3) is 0.538. The number of hydrogen-bond donors (Lipinski definition) is 2. The number of nitrogens with one attached hydrogen (secondary N) is 2. The lowest BCUT2D eigenvalue weighted by Crippen LogP contribution is -2.32. The molecule has 2 N–H and O–H groups in total. The summed E-state index contributed by atoms with van der Waals surface area (Å²) in [6.45, 7) is 3.51. The second-order valence-electron chi connectivity index (χ2n) is 4.51. The first-order valence-corrected chi connectivity index (χ1v) is 6.24. The lowest BCUT2D eigenvalue weighted by molar-refractivity contribution is 0.0907. The minimum Gasteiger partial charge on any atom is -0.378 e. The highest BCUT2D eigenvalue weighted by atomic mass is 16.5. The highest BCUT2D eigenvalue weighted by Crippen LogP contribution is 2.19. The van der Waals surface area contributed by atoms with Crippen molar-refractivity contribution >= 4 is 11.7 Å². The third kappa shape index (κ3) is 2.98. The number of amides is 1. The molecule has 1 aromatic rings. The van der Waals surface area contributed by atoms with Gasteiger partial charge in [0.25, 0.3) is 5.91 Å². The van der Waals surface area contributed by atoms with E-state index in [4.69, 9.17) is 4.74 Å². The number of carbonyl (C=O) groups excluding carboxylic acids is 1. The van der Waals surface area contributed by atoms with E-state index in [1.807, 2.05) is 0 Å². The Bertz CT molecular complexity index is 422. The first-order valence-electron chi connectivity index (χ1n) is 6.24. The van der Waals surface area contributed by atoms with Crippen molar-refractivity contribution in [2.75, 3.05) is 25.5 Å². The third-order valence-electron chi connectivity index (χ3n) is 3.34. The van der Waals surface area contributed by atoms with E-state index in [1.165, 1.54) is 0 Å². The van der Waals surface area contributed by atoms with Crippen molar-refractivity contribution in [2.24, 2.45) is 5.92 Å². The van der Waals surface area contributed by atoms with E-state index in [-0.39, 0.29) is 12.0 Å². The second kappa shape index (κ2) is 5.82. The van der Waals surface area contributed by atoms with Gasteiger partial charge in [-0.1, -0.05) is 0 Å². The van der Waals surface area contributed by atoms with Crippen molar-refractivity contribution in [3.05, 3.63) is 23.9 Å². The fourth-order valence-electron chi connectivity index (χ4n) is 2.08. The van der Waals surface area contributed by atoms with Crippen LogP contribution in [0, 0.1) is 5.92 Å². The summed E-state index contributed by atoms with van der Waals surface area (Å²) in [5, 5.41) is 5.86. The summed E-state index contributed by atoms with van der Waals surface area (Å²) in [5.74, 6) is 1.05. The van der Waals surface area contributed by atoms with Crippen LogP contribution in [-0.4, -0.2) is 37.2 Å². The van der Waals surface area contributed by atoms with E-state index in [0.717, 1.165) is 13.0 Å². The van der Waals surface area contributed by atoms with E-state index in [9.17, 15) is 4.79 Å². The molecule has 1 aliphatic heterocycles. The maximum absolute atomic E-state index is 12.0. The maximum Gasteiger partial charge on any atom is 0.251 e. The van der Waals surface area contributed by atoms with Crippen LogP contribution in [0.1, 0.15) is 23.7 Å². The number of rotatable bonds is 4. The average molecular weight is 249 g/mol. The molecule has 2 unspecified atom stereocenters. The van der Waals surface area contributed by atoms with Crippen LogP contribution in [0.2, 0.25) is 0 Å². The minimum absolute atomic E-state index is 0.0620. The average Bonchev–Trinajstić information content (AvgIpc) is 2.81. The quantitative estimate of drug-likeness (QED) is 0.843. The molecule has 0 aromatic carbocycles. The fourth-order valence-corrected chi connectivity index (χ4v) is 2.08. The first kappa shape index (κ1) is 12.8. The number of hydrogen-bond acceptors (Lipinski definition) is 4. The molecule has 0 bridgehead atoms. The van der Waals surface area contributed by atoms with Gasteiger partial charge >= 0.3 is 0 Å². The third-order valence-corrected chi connectivity index (χ3v) is 3.34. The molecule has 2 rings (SSSR count). The second-order valence-corrected chi connectivity index (χ2v) is 4.51. The number of ether oxygens (including phenoxy) is 1. The molecule has 2 atom stereocenters. The Hall–Kier alpha value is -1.62. The molecule has 0 spiro atoms. The molecule has 2 heterocycles. The number of aromatic nitrogens is 1. The van der Waals surface area contributed by atoms with Gasteiger partial charge in [0.15, 0.2) is 0 Å². The number of anilines is 1. The van der Waals surface area contributed by atoms with Crippen molar-refractivity contribution in [2.45, 2.75) is 19.4 Å². The van der Waals surface area contributed by atoms with Gasteiger partial charge in [-0.05, 0) is 25.5 Å². The first-order chi connectivity index (χ1) is 8.70. The molecule has 1 aliphatic rings. The van der Waals surface area contributed by atoms with E-state index < -0.39 is 0 Å². The normalized spacial score (nSPS) is 22.8. The summed E-state index contributed by atoms with van der Waals surface area (Å²) >= 11 is 0. The number of nitrogens with zero attached hydrogens (tertiary/aromatic N) is 1. The molecule has 18 heavy (non-hydrogen) atoms. The molecule has 1 amide bonds. The van der Waals surface area contributed by atoms with Gasteiger partial charge in [0, 0.05) is 37.9 Å². The van der Waals surface area contributed by atoms with Crippen LogP contribution in [0.15, 0.2) is 18.3 Å². The van der Waals surface area contributed by atoms with Crippen LogP contribution in [-0.2, 0) is 4.74 Å². The zero-order valence-corrected chi connectivity index (χ0v) is 10.8. The Morgan fingerprint density at radius 1 is 1.61 bits per heavy atom. The van der Waals surface area contributed by atoms with E-state index in [0.29, 0.717) is 23.8 Å². The van der Waals surface area contributed by atoms with Gasteiger partial charge < -0.3 is 15.4 Å². The van der Waals surface area contributed by atoms with E-state index in [2.05, 4.69) is 22.5 Å². The smallest absolute Gasteiger partial charge is 0.251 e. The molecule has 5 nitrogen and oxygen atoms in total. The zero-order chi connectivity index (χ0) is 13.0. The lowest BCUT2D eigenvalue weighted by Gasteiger charge is -2.14. The van der Waals surface area contributed by atoms with Crippen LogP contribution < -0.4 is 10.6 Å². The molecule has 5 heteroatoms. The minimum atomic E-state index is -0.0620. The van der Waals surface area contributed by atoms with Crippen LogP contribution in [0.5, 0.6) is 0 Å². The summed E-state index contributed by atoms with van der Waals surface area (Å²) in [4.78, 5) is 16.0. The predicted octanol–water partition coefficient (Wildman–Crippen LogP) is 1.28. The van der Waals surface area contributed by atoms with Gasteiger partial charge in [-0.15, -0.1) is 0 Å². The standard InChI is InChI=1S/C13H19N3O2/c1-9-11(4-6-18-9)8-16-13(17)10-3-5-15-12(7-10)14-2/h3,5,7,9,11H,4,6,8H2,1-2H3,(H,14,15)(H,16,17). The lowest BCUT2D eigenvalue weighted by atomic mass is 10.0. The van der Waals surface area contributed by atoms with Gasteiger partial charge in [0.2, 0.25) is 0 Å². The van der Waals surface area contributed by atoms with E-state index in [1.54, 1.807) is 25.4 Å². The van der Waals surface area contributed by atoms with Crippen molar-refractivity contribution in [1.29, 1.82) is 0 Å². The Morgan fingerprint density at radius 2 is 2.44 bits per heavy atom. The molecule has 0 aliphatic carbocycles. The topological polar surface area (TPSA) is 63.2 Å². The molecule has 1 aromatic heterocycles. The van der Waals surface area contributed by atoms with Gasteiger partial charge in [-0.25, -0.2) is 4.98 Å². The van der Waals surface area contributed by atoms with Crippen molar-refractivity contribution in [3.8, 4) is 0 Å². The summed E-state index contributed by atoms with van der Waals surface area (Å²) < 4.78 is 5.47. The van der Waals surface area contributed by atoms with Gasteiger partial charge in [-0.3, -0.25) is 4.79 Å². The molecule has 0 saturated carbocycles. The van der Waals surface area contributed by atoms with Crippen molar-refractivity contribution < 1.29 is 9.53 Å². The van der Waals surface area contributed by atoms with Gasteiger partial charge in [0.05, 0.1) is 6.10 Å². The van der Waals surface area contributed by atoms with Gasteiger partial charge in [0.1, 0.15) is 5.82 Å². The highest BCUT2D eigenvalue weighted by Gasteiger charge is 2.24. The van der Waals surface area contributed by atoms with Gasteiger partial charge in [-0.2, -0.15) is 0 Å². The zero-order valence-electron chi connectivity index (χ0n) is 10.8. The molecule has 98 valence electrons. The molecule has 1 saturated heterocycles. The molecule has 0 radical (unpaired) electrons. The summed E-state index contributed by atoms with van der Waals surface area (Å²) in [6, 6.07) is 3.45. The molecular formula is C13H19N3O2. The predicted molar refractivity (Wildman–Crippen MR) is 69.6 cm³/mol. The van der Waals surface area contributed by atoms with Crippen LogP contribution in [0.3, 0.4) is 0 Å². The Morgan fingerprint density at radius 3 is 3.11 bits per heavy atom. The number of pyridine rings is 1. The SMILES string of the molecule is CNc1cc(C(=O)NCC2CCOC2C)ccn1. The summed E-state index contributed by atoms with van der Waals surface area (Å²) in [5.41, 5.74) is 0.626. The molecular weight excluding hydrogens is 230 g/mol. The Kier molecular flexibility index (Phi) is 4.15. The number of carbonyl (C=O) groups is 1. The largest absolute Gasteiger partial charge is 0.378 e. The van der Waals surface area contributed by atoms with E-state index >= 15 is 0 Å². The van der Waals surface area contributed by atoms with Crippen LogP contribution in [0.25, 0.3) is 0 Å². The van der Waals surface area contributed by atoms with Crippen LogP contribution in [0.4, 0.5) is 5.82 Å². The maximum atomic E-state index is 12.0. The highest BCUT2D eigenvalue weighted by molar-refractivity contribution is 5.94. The Balaban J connectivity index is 1.90.